The van der Waals surface area contributed by atoms with Gasteiger partial charge in [-0.25, -0.2) is 4.98 Å². The van der Waals surface area contributed by atoms with Gasteiger partial charge in [0.05, 0.1) is 5.69 Å². The van der Waals surface area contributed by atoms with Crippen LogP contribution in [-0.4, -0.2) is 9.55 Å². The predicted molar refractivity (Wildman–Crippen MR) is 80.3 cm³/mol. The van der Waals surface area contributed by atoms with E-state index in [0.717, 1.165) is 24.7 Å². The molecular formula is C16H23N3. The monoisotopic (exact) mass is 257 g/mol. The molecule has 102 valence electrons. The fourth-order valence-electron chi connectivity index (χ4n) is 2.11. The lowest BCUT2D eigenvalue weighted by atomic mass is 10.1. The second kappa shape index (κ2) is 5.91. The molecule has 2 rings (SSSR count). The van der Waals surface area contributed by atoms with Crippen LogP contribution in [0.5, 0.6) is 0 Å². The molecule has 0 saturated heterocycles. The minimum Gasteiger partial charge on any atom is -0.352 e. The van der Waals surface area contributed by atoms with E-state index in [1.165, 1.54) is 11.1 Å². The molecule has 0 amide bonds. The number of rotatable bonds is 5. The lowest BCUT2D eigenvalue weighted by molar-refractivity contribution is 0.526. The van der Waals surface area contributed by atoms with Crippen molar-refractivity contribution in [3.8, 4) is 0 Å². The van der Waals surface area contributed by atoms with Crippen molar-refractivity contribution in [2.45, 2.75) is 40.8 Å². The summed E-state index contributed by atoms with van der Waals surface area (Å²) >= 11 is 0. The Morgan fingerprint density at radius 2 is 1.84 bits per heavy atom. The molecule has 0 aliphatic heterocycles. The third kappa shape index (κ3) is 3.85. The first kappa shape index (κ1) is 13.7. The molecule has 0 atom stereocenters. The Hall–Kier alpha value is -1.77. The van der Waals surface area contributed by atoms with E-state index in [9.17, 15) is 0 Å². The van der Waals surface area contributed by atoms with Gasteiger partial charge in [-0.1, -0.05) is 43.7 Å². The average molecular weight is 257 g/mol. The van der Waals surface area contributed by atoms with Gasteiger partial charge in [0.25, 0.3) is 0 Å². The highest BCUT2D eigenvalue weighted by Crippen LogP contribution is 2.13. The quantitative estimate of drug-likeness (QED) is 0.883. The van der Waals surface area contributed by atoms with Gasteiger partial charge in [-0.3, -0.25) is 0 Å². The topological polar surface area (TPSA) is 29.9 Å². The molecule has 19 heavy (non-hydrogen) atoms. The van der Waals surface area contributed by atoms with E-state index in [0.29, 0.717) is 5.92 Å². The molecule has 3 nitrogen and oxygen atoms in total. The molecule has 0 fully saturated rings. The Labute approximate surface area is 115 Å². The van der Waals surface area contributed by atoms with Crippen LogP contribution in [0.1, 0.15) is 30.7 Å². The largest absolute Gasteiger partial charge is 0.352 e. The van der Waals surface area contributed by atoms with E-state index >= 15 is 0 Å². The molecule has 0 aliphatic rings. The maximum atomic E-state index is 4.55. The number of nitrogens with zero attached hydrogens (tertiary/aromatic N) is 2. The number of anilines is 1. The zero-order valence-electron chi connectivity index (χ0n) is 12.3. The van der Waals surface area contributed by atoms with E-state index in [4.69, 9.17) is 0 Å². The minimum atomic E-state index is 0.619. The van der Waals surface area contributed by atoms with Crippen molar-refractivity contribution >= 4 is 5.95 Å². The van der Waals surface area contributed by atoms with E-state index in [2.05, 4.69) is 66.1 Å². The van der Waals surface area contributed by atoms with Crippen LogP contribution < -0.4 is 5.32 Å². The van der Waals surface area contributed by atoms with E-state index in [1.807, 2.05) is 6.92 Å². The molecule has 1 N–H and O–H groups in total. The van der Waals surface area contributed by atoms with Crippen LogP contribution in [-0.2, 0) is 13.1 Å². The molecule has 1 aromatic heterocycles. The van der Waals surface area contributed by atoms with Crippen LogP contribution in [0, 0.1) is 19.8 Å². The molecular weight excluding hydrogens is 234 g/mol. The normalized spacial score (nSPS) is 11.0. The van der Waals surface area contributed by atoms with Gasteiger partial charge in [-0.15, -0.1) is 0 Å². The predicted octanol–water partition coefficient (Wildman–Crippen LogP) is 3.77. The maximum absolute atomic E-state index is 4.55. The zero-order chi connectivity index (χ0) is 13.8. The van der Waals surface area contributed by atoms with Crippen molar-refractivity contribution in [3.05, 3.63) is 47.3 Å². The van der Waals surface area contributed by atoms with E-state index < -0.39 is 0 Å². The summed E-state index contributed by atoms with van der Waals surface area (Å²) in [7, 11) is 0. The van der Waals surface area contributed by atoms with Gasteiger partial charge in [0.15, 0.2) is 0 Å². The lowest BCUT2D eigenvalue weighted by Crippen LogP contribution is -2.10. The Kier molecular flexibility index (Phi) is 4.25. The number of aryl methyl sites for hydroxylation is 2. The van der Waals surface area contributed by atoms with Crippen molar-refractivity contribution in [1.82, 2.24) is 9.55 Å². The van der Waals surface area contributed by atoms with Crippen LogP contribution in [0.3, 0.4) is 0 Å². The van der Waals surface area contributed by atoms with Crippen LogP contribution in [0.15, 0.2) is 30.5 Å². The third-order valence-electron chi connectivity index (χ3n) is 3.03. The highest BCUT2D eigenvalue weighted by atomic mass is 15.2. The first-order valence-electron chi connectivity index (χ1n) is 6.88. The molecule has 1 heterocycles. The second-order valence-corrected chi connectivity index (χ2v) is 5.59. The van der Waals surface area contributed by atoms with Gasteiger partial charge in [-0.2, -0.15) is 0 Å². The molecule has 0 spiro atoms. The summed E-state index contributed by atoms with van der Waals surface area (Å²) in [6.07, 6.45) is 2.11. The van der Waals surface area contributed by atoms with Crippen molar-refractivity contribution < 1.29 is 0 Å². The number of imidazole rings is 1. The second-order valence-electron chi connectivity index (χ2n) is 5.59. The van der Waals surface area contributed by atoms with Gasteiger partial charge >= 0.3 is 0 Å². The standard InChI is InChI=1S/C16H23N3/c1-12(2)10-19-11-14(4)18-16(19)17-9-15-7-5-13(3)6-8-15/h5-8,11-12H,9-10H2,1-4H3,(H,17,18). The summed E-state index contributed by atoms with van der Waals surface area (Å²) in [5.41, 5.74) is 3.63. The SMILES string of the molecule is Cc1ccc(CNc2nc(C)cn2CC(C)C)cc1. The Morgan fingerprint density at radius 3 is 2.47 bits per heavy atom. The van der Waals surface area contributed by atoms with Gasteiger partial charge in [0.2, 0.25) is 5.95 Å². The van der Waals surface area contributed by atoms with Crippen LogP contribution in [0.4, 0.5) is 5.95 Å². The van der Waals surface area contributed by atoms with Crippen molar-refractivity contribution in [2.24, 2.45) is 5.92 Å². The van der Waals surface area contributed by atoms with Crippen molar-refractivity contribution in [2.75, 3.05) is 5.32 Å². The molecule has 3 heteroatoms. The fraction of sp³-hybridized carbons (Fsp3) is 0.438. The van der Waals surface area contributed by atoms with Gasteiger partial charge < -0.3 is 9.88 Å². The molecule has 1 aromatic carbocycles. The van der Waals surface area contributed by atoms with Gasteiger partial charge in [0, 0.05) is 19.3 Å². The lowest BCUT2D eigenvalue weighted by Gasteiger charge is -2.11. The molecule has 0 bridgehead atoms. The number of nitrogens with one attached hydrogen (secondary N) is 1. The molecule has 0 unspecified atom stereocenters. The van der Waals surface area contributed by atoms with Crippen LogP contribution in [0.2, 0.25) is 0 Å². The average Bonchev–Trinajstić information content (AvgIpc) is 2.68. The molecule has 0 saturated carbocycles. The van der Waals surface area contributed by atoms with Crippen LogP contribution >= 0.6 is 0 Å². The number of hydrogen-bond acceptors (Lipinski definition) is 2. The molecule has 0 radical (unpaired) electrons. The summed E-state index contributed by atoms with van der Waals surface area (Å²) in [4.78, 5) is 4.55. The summed E-state index contributed by atoms with van der Waals surface area (Å²) in [5, 5.41) is 3.43. The van der Waals surface area contributed by atoms with Gasteiger partial charge in [-0.05, 0) is 25.3 Å². The highest BCUT2D eigenvalue weighted by Gasteiger charge is 2.06. The Balaban J connectivity index is 2.04. The third-order valence-corrected chi connectivity index (χ3v) is 3.03. The minimum absolute atomic E-state index is 0.619. The van der Waals surface area contributed by atoms with Gasteiger partial charge in [0.1, 0.15) is 0 Å². The smallest absolute Gasteiger partial charge is 0.203 e. The maximum Gasteiger partial charge on any atom is 0.203 e. The number of hydrogen-bond donors (Lipinski definition) is 1. The molecule has 2 aromatic rings. The fourth-order valence-corrected chi connectivity index (χ4v) is 2.11. The summed E-state index contributed by atoms with van der Waals surface area (Å²) in [6.45, 7) is 10.4. The van der Waals surface area contributed by atoms with Crippen molar-refractivity contribution in [3.63, 3.8) is 0 Å². The number of benzene rings is 1. The number of aromatic nitrogens is 2. The highest BCUT2D eigenvalue weighted by molar-refractivity contribution is 5.31. The van der Waals surface area contributed by atoms with E-state index in [1.54, 1.807) is 0 Å². The zero-order valence-corrected chi connectivity index (χ0v) is 12.3. The first-order chi connectivity index (χ1) is 9.04. The summed E-state index contributed by atoms with van der Waals surface area (Å²) in [5.74, 6) is 1.58. The summed E-state index contributed by atoms with van der Waals surface area (Å²) in [6, 6.07) is 8.60. The van der Waals surface area contributed by atoms with Crippen molar-refractivity contribution in [1.29, 1.82) is 0 Å². The first-order valence-corrected chi connectivity index (χ1v) is 6.88. The Morgan fingerprint density at radius 1 is 1.16 bits per heavy atom. The van der Waals surface area contributed by atoms with E-state index in [-0.39, 0.29) is 0 Å². The summed E-state index contributed by atoms with van der Waals surface area (Å²) < 4.78 is 2.20. The van der Waals surface area contributed by atoms with Crippen LogP contribution in [0.25, 0.3) is 0 Å². The molecule has 0 aliphatic carbocycles. The Bertz CT molecular complexity index is 523.